The van der Waals surface area contributed by atoms with E-state index in [1.165, 1.54) is 68.5 Å². The van der Waals surface area contributed by atoms with Gasteiger partial charge in [0.2, 0.25) is 0 Å². The summed E-state index contributed by atoms with van der Waals surface area (Å²) in [6.07, 6.45) is 9.01. The van der Waals surface area contributed by atoms with E-state index in [-0.39, 0.29) is 15.8 Å². The minimum Gasteiger partial charge on any atom is -0.251 e. The number of aromatic nitrogens is 2. The Morgan fingerprint density at radius 3 is 0.979 bits per heavy atom. The Morgan fingerprint density at radius 2 is 0.646 bits per heavy atom. The predicted octanol–water partition coefficient (Wildman–Crippen LogP) is 9.69. The van der Waals surface area contributed by atoms with Crippen LogP contribution in [0.4, 0.5) is 0 Å². The number of nitrogens with zero attached hydrogens (tertiary/aromatic N) is 2. The molecule has 0 bridgehead atoms. The fourth-order valence-corrected chi connectivity index (χ4v) is 11.4. The standard InChI is InChI=1S/C44H42N2P2/c1-5-19-39(20-6-1)47(40-21-7-2-8-22-40)33-15-13-17-37-31-29-35-27-28-36-30-32-38(46-44(36)43(35)45-37)18-14-16-34-48(41-23-9-3-10-24-41)42-25-11-4-12-26-42/h1-12,19-32H,13-18,33-34H2. The Kier molecular flexibility index (Phi) is 10.9. The van der Waals surface area contributed by atoms with Crippen LogP contribution in [0.1, 0.15) is 37.1 Å². The molecule has 0 saturated heterocycles. The van der Waals surface area contributed by atoms with Gasteiger partial charge in [0.15, 0.2) is 0 Å². The van der Waals surface area contributed by atoms with E-state index in [4.69, 9.17) is 9.97 Å². The van der Waals surface area contributed by atoms with E-state index in [2.05, 4.69) is 158 Å². The van der Waals surface area contributed by atoms with Crippen molar-refractivity contribution in [2.45, 2.75) is 38.5 Å². The van der Waals surface area contributed by atoms with E-state index in [9.17, 15) is 0 Å². The first kappa shape index (κ1) is 32.3. The van der Waals surface area contributed by atoms with Crippen LogP contribution in [0, 0.1) is 0 Å². The van der Waals surface area contributed by atoms with Crippen molar-refractivity contribution >= 4 is 58.9 Å². The molecule has 2 nitrogen and oxygen atoms in total. The molecule has 238 valence electrons. The summed E-state index contributed by atoms with van der Waals surface area (Å²) in [6.45, 7) is 0. The molecule has 7 aromatic rings. The zero-order valence-corrected chi connectivity index (χ0v) is 29.2. The SMILES string of the molecule is c1ccc(P(CCCCc2ccc3ccc4ccc(CCCCP(c5ccccc5)c5ccccc5)nc4c3n2)c2ccccc2)cc1. The van der Waals surface area contributed by atoms with Crippen LogP contribution in [0.5, 0.6) is 0 Å². The fraction of sp³-hybridized carbons (Fsp3) is 0.182. The molecular formula is C44H42N2P2. The molecule has 0 aliphatic carbocycles. The molecule has 0 fully saturated rings. The van der Waals surface area contributed by atoms with Gasteiger partial charge in [-0.2, -0.15) is 0 Å². The maximum atomic E-state index is 5.21. The van der Waals surface area contributed by atoms with E-state index >= 15 is 0 Å². The summed E-state index contributed by atoms with van der Waals surface area (Å²) >= 11 is 0. The van der Waals surface area contributed by atoms with Gasteiger partial charge in [0.05, 0.1) is 11.0 Å². The largest absolute Gasteiger partial charge is 0.251 e. The van der Waals surface area contributed by atoms with Crippen LogP contribution in [-0.2, 0) is 12.8 Å². The Hall–Kier alpha value is -4.22. The second-order valence-corrected chi connectivity index (χ2v) is 17.0. The highest BCUT2D eigenvalue weighted by Gasteiger charge is 2.15. The molecule has 5 aromatic carbocycles. The summed E-state index contributed by atoms with van der Waals surface area (Å²) in [7, 11) is -0.702. The first-order valence-electron chi connectivity index (χ1n) is 17.3. The molecule has 0 aliphatic heterocycles. The highest BCUT2D eigenvalue weighted by Crippen LogP contribution is 2.36. The van der Waals surface area contributed by atoms with Crippen LogP contribution in [0.3, 0.4) is 0 Å². The number of rotatable bonds is 14. The van der Waals surface area contributed by atoms with Crippen molar-refractivity contribution in [1.82, 2.24) is 9.97 Å². The number of aryl methyl sites for hydroxylation is 2. The topological polar surface area (TPSA) is 25.8 Å². The molecular weight excluding hydrogens is 618 g/mol. The van der Waals surface area contributed by atoms with Crippen molar-refractivity contribution in [1.29, 1.82) is 0 Å². The van der Waals surface area contributed by atoms with Crippen LogP contribution in [0.25, 0.3) is 21.8 Å². The maximum Gasteiger partial charge on any atom is 0.0967 e. The highest BCUT2D eigenvalue weighted by atomic mass is 31.1. The Balaban J connectivity index is 1.00. The molecule has 0 N–H and O–H groups in total. The minimum absolute atomic E-state index is 0.351. The second kappa shape index (κ2) is 16.3. The van der Waals surface area contributed by atoms with Crippen LogP contribution in [0.2, 0.25) is 0 Å². The Morgan fingerprint density at radius 1 is 0.333 bits per heavy atom. The maximum absolute atomic E-state index is 5.21. The summed E-state index contributed by atoms with van der Waals surface area (Å²) in [5.41, 5.74) is 4.42. The van der Waals surface area contributed by atoms with Gasteiger partial charge in [-0.05, 0) is 100 Å². The molecule has 0 spiro atoms. The van der Waals surface area contributed by atoms with Gasteiger partial charge < -0.3 is 0 Å². The monoisotopic (exact) mass is 660 g/mol. The minimum atomic E-state index is -0.351. The van der Waals surface area contributed by atoms with Gasteiger partial charge in [-0.3, -0.25) is 9.97 Å². The van der Waals surface area contributed by atoms with Gasteiger partial charge in [0.1, 0.15) is 0 Å². The third kappa shape index (κ3) is 8.07. The normalized spacial score (nSPS) is 11.5. The summed E-state index contributed by atoms with van der Waals surface area (Å²) in [6, 6.07) is 57.5. The zero-order valence-electron chi connectivity index (χ0n) is 27.5. The molecule has 0 saturated carbocycles. The molecule has 4 heteroatoms. The summed E-state index contributed by atoms with van der Waals surface area (Å²) in [4.78, 5) is 10.4. The van der Waals surface area contributed by atoms with E-state index in [1.54, 1.807) is 0 Å². The van der Waals surface area contributed by atoms with Crippen molar-refractivity contribution in [3.05, 3.63) is 169 Å². The lowest BCUT2D eigenvalue weighted by Crippen LogP contribution is -2.14. The molecule has 2 heterocycles. The zero-order chi connectivity index (χ0) is 32.4. The van der Waals surface area contributed by atoms with E-state index in [0.29, 0.717) is 0 Å². The third-order valence-electron chi connectivity index (χ3n) is 9.04. The molecule has 0 atom stereocenters. The number of fused-ring (bicyclic) bond motifs is 3. The van der Waals surface area contributed by atoms with Crippen molar-refractivity contribution in [3.63, 3.8) is 0 Å². The molecule has 2 aromatic heterocycles. The predicted molar refractivity (Wildman–Crippen MR) is 211 cm³/mol. The van der Waals surface area contributed by atoms with Gasteiger partial charge in [-0.25, -0.2) is 0 Å². The van der Waals surface area contributed by atoms with Crippen molar-refractivity contribution in [2.75, 3.05) is 12.3 Å². The average molecular weight is 661 g/mol. The molecule has 0 aliphatic rings. The smallest absolute Gasteiger partial charge is 0.0967 e. The average Bonchev–Trinajstić information content (AvgIpc) is 3.16. The molecule has 7 rings (SSSR count). The quantitative estimate of drug-likeness (QED) is 0.0660. The van der Waals surface area contributed by atoms with Crippen molar-refractivity contribution < 1.29 is 0 Å². The van der Waals surface area contributed by atoms with Crippen LogP contribution in [-0.4, -0.2) is 22.3 Å². The van der Waals surface area contributed by atoms with E-state index in [0.717, 1.165) is 36.7 Å². The molecule has 0 amide bonds. The Labute approximate surface area is 287 Å². The highest BCUT2D eigenvalue weighted by molar-refractivity contribution is 7.73. The van der Waals surface area contributed by atoms with E-state index < -0.39 is 0 Å². The molecule has 0 radical (unpaired) electrons. The van der Waals surface area contributed by atoms with Gasteiger partial charge in [-0.15, -0.1) is 0 Å². The van der Waals surface area contributed by atoms with Gasteiger partial charge in [0, 0.05) is 22.2 Å². The number of hydrogen-bond acceptors (Lipinski definition) is 2. The van der Waals surface area contributed by atoms with E-state index in [1.807, 2.05) is 0 Å². The first-order valence-corrected chi connectivity index (χ1v) is 20.3. The first-order chi connectivity index (χ1) is 23.8. The number of hydrogen-bond donors (Lipinski definition) is 0. The van der Waals surface area contributed by atoms with Gasteiger partial charge in [-0.1, -0.05) is 146 Å². The Bertz CT molecular complexity index is 1810. The van der Waals surface area contributed by atoms with Gasteiger partial charge in [0.25, 0.3) is 0 Å². The second-order valence-electron chi connectivity index (χ2n) is 12.4. The van der Waals surface area contributed by atoms with Crippen LogP contribution >= 0.6 is 15.8 Å². The summed E-state index contributed by atoms with van der Waals surface area (Å²) < 4.78 is 0. The van der Waals surface area contributed by atoms with Crippen LogP contribution < -0.4 is 21.2 Å². The molecule has 0 unspecified atom stereocenters. The number of pyridine rings is 2. The fourth-order valence-electron chi connectivity index (χ4n) is 6.53. The van der Waals surface area contributed by atoms with Crippen LogP contribution in [0.15, 0.2) is 158 Å². The lowest BCUT2D eigenvalue weighted by Gasteiger charge is -2.18. The van der Waals surface area contributed by atoms with Crippen molar-refractivity contribution in [2.24, 2.45) is 0 Å². The summed E-state index contributed by atoms with van der Waals surface area (Å²) in [5, 5.41) is 8.19. The van der Waals surface area contributed by atoms with Gasteiger partial charge >= 0.3 is 0 Å². The molecule has 48 heavy (non-hydrogen) atoms. The lowest BCUT2D eigenvalue weighted by molar-refractivity contribution is 0.783. The number of benzene rings is 5. The van der Waals surface area contributed by atoms with Crippen molar-refractivity contribution in [3.8, 4) is 0 Å². The summed E-state index contributed by atoms with van der Waals surface area (Å²) in [5.74, 6) is 0. The lowest BCUT2D eigenvalue weighted by atomic mass is 10.1. The number of unbranched alkanes of at least 4 members (excludes halogenated alkanes) is 2. The third-order valence-corrected chi connectivity index (χ3v) is 14.2.